The molecule has 2 heterocycles. The number of benzene rings is 1. The molecule has 0 unspecified atom stereocenters. The highest BCUT2D eigenvalue weighted by atomic mass is 35.5. The first-order chi connectivity index (χ1) is 11.6. The van der Waals surface area contributed by atoms with Gasteiger partial charge in [-0.25, -0.2) is 4.98 Å². The molecule has 0 saturated heterocycles. The van der Waals surface area contributed by atoms with Gasteiger partial charge in [0.05, 0.1) is 12.2 Å². The Bertz CT molecular complexity index is 856. The Morgan fingerprint density at radius 1 is 1.32 bits per heavy atom. The van der Waals surface area contributed by atoms with Crippen molar-refractivity contribution in [1.82, 2.24) is 20.3 Å². The largest absolute Gasteiger partial charge is 0.360 e. The number of carbonyl (C=O) groups excluding carboxylic acids is 1. The molecule has 0 aliphatic heterocycles. The van der Waals surface area contributed by atoms with Gasteiger partial charge in [0.1, 0.15) is 17.1 Å². The van der Waals surface area contributed by atoms with Crippen LogP contribution < -0.4 is 11.1 Å². The van der Waals surface area contributed by atoms with Crippen molar-refractivity contribution in [2.75, 3.05) is 5.32 Å². The molecule has 25 heavy (non-hydrogen) atoms. The first-order valence-corrected chi connectivity index (χ1v) is 7.60. The molecule has 0 radical (unpaired) electrons. The Morgan fingerprint density at radius 3 is 2.64 bits per heavy atom. The van der Waals surface area contributed by atoms with Gasteiger partial charge >= 0.3 is 0 Å². The number of hydrogen-bond donors (Lipinski definition) is 3. The molecular formula is C16H19ClN6O2. The van der Waals surface area contributed by atoms with Gasteiger partial charge in [0.15, 0.2) is 5.82 Å². The number of halogens is 1. The highest BCUT2D eigenvalue weighted by Gasteiger charge is 2.19. The van der Waals surface area contributed by atoms with E-state index >= 15 is 0 Å². The minimum atomic E-state index is -0.235. The van der Waals surface area contributed by atoms with Gasteiger partial charge in [0.2, 0.25) is 0 Å². The summed E-state index contributed by atoms with van der Waals surface area (Å²) >= 11 is 0. The number of anilines is 1. The summed E-state index contributed by atoms with van der Waals surface area (Å²) in [5.41, 5.74) is 8.08. The standard InChI is InChI=1S/C16H18N6O2.ClH/c1-3-12-14(9(2)22-24-12)16(23)18-11-6-4-10(5-7-11)15-19-13(8-17)20-21-15;/h4-7H,3,8,17H2,1-2H3,(H,18,23)(H,19,20,21);1H. The predicted molar refractivity (Wildman–Crippen MR) is 95.5 cm³/mol. The van der Waals surface area contributed by atoms with Crippen LogP contribution in [0.15, 0.2) is 28.8 Å². The lowest BCUT2D eigenvalue weighted by Crippen LogP contribution is -2.14. The second kappa shape index (κ2) is 7.91. The molecule has 3 rings (SSSR count). The Kier molecular flexibility index (Phi) is 5.89. The fourth-order valence-electron chi connectivity index (χ4n) is 2.36. The van der Waals surface area contributed by atoms with Crippen molar-refractivity contribution in [3.8, 4) is 11.4 Å². The first-order valence-electron chi connectivity index (χ1n) is 7.60. The molecule has 9 heteroatoms. The predicted octanol–water partition coefficient (Wildman–Crippen LogP) is 2.46. The van der Waals surface area contributed by atoms with E-state index in [2.05, 4.69) is 25.7 Å². The van der Waals surface area contributed by atoms with Crippen LogP contribution in [0, 0.1) is 6.92 Å². The molecule has 0 aliphatic carbocycles. The van der Waals surface area contributed by atoms with Gasteiger partial charge in [-0.2, -0.15) is 5.10 Å². The van der Waals surface area contributed by atoms with Gasteiger partial charge in [0, 0.05) is 17.7 Å². The average Bonchev–Trinajstić information content (AvgIpc) is 3.21. The van der Waals surface area contributed by atoms with Crippen LogP contribution in [0.3, 0.4) is 0 Å². The summed E-state index contributed by atoms with van der Waals surface area (Å²) in [6, 6.07) is 7.25. The number of nitrogens with one attached hydrogen (secondary N) is 2. The monoisotopic (exact) mass is 362 g/mol. The van der Waals surface area contributed by atoms with Crippen molar-refractivity contribution in [2.45, 2.75) is 26.8 Å². The number of rotatable bonds is 5. The molecule has 2 aromatic heterocycles. The second-order valence-electron chi connectivity index (χ2n) is 5.26. The Morgan fingerprint density at radius 2 is 2.04 bits per heavy atom. The highest BCUT2D eigenvalue weighted by Crippen LogP contribution is 2.20. The van der Waals surface area contributed by atoms with E-state index in [1.54, 1.807) is 19.1 Å². The zero-order chi connectivity index (χ0) is 17.1. The summed E-state index contributed by atoms with van der Waals surface area (Å²) in [5.74, 6) is 1.53. The van der Waals surface area contributed by atoms with E-state index in [0.29, 0.717) is 47.3 Å². The van der Waals surface area contributed by atoms with E-state index < -0.39 is 0 Å². The van der Waals surface area contributed by atoms with Crippen molar-refractivity contribution in [2.24, 2.45) is 5.73 Å². The number of hydrogen-bond acceptors (Lipinski definition) is 6. The van der Waals surface area contributed by atoms with E-state index in [1.165, 1.54) is 0 Å². The van der Waals surface area contributed by atoms with Crippen molar-refractivity contribution in [1.29, 1.82) is 0 Å². The number of amides is 1. The van der Waals surface area contributed by atoms with Crippen LogP contribution in [0.4, 0.5) is 5.69 Å². The Balaban J connectivity index is 0.00000225. The number of aryl methyl sites for hydroxylation is 2. The SMILES string of the molecule is CCc1onc(C)c1C(=O)Nc1ccc(-c2n[nH]c(CN)n2)cc1.Cl. The quantitative estimate of drug-likeness (QED) is 0.640. The van der Waals surface area contributed by atoms with Gasteiger partial charge in [-0.3, -0.25) is 9.89 Å². The first kappa shape index (κ1) is 18.6. The Labute approximate surface area is 150 Å². The number of aromatic nitrogens is 4. The van der Waals surface area contributed by atoms with E-state index in [-0.39, 0.29) is 18.3 Å². The topological polar surface area (TPSA) is 123 Å². The maximum Gasteiger partial charge on any atom is 0.261 e. The van der Waals surface area contributed by atoms with Crippen LogP contribution in [0.1, 0.15) is 34.6 Å². The third-order valence-electron chi connectivity index (χ3n) is 3.61. The zero-order valence-corrected chi connectivity index (χ0v) is 14.7. The molecule has 4 N–H and O–H groups in total. The van der Waals surface area contributed by atoms with Crippen molar-refractivity contribution in [3.63, 3.8) is 0 Å². The van der Waals surface area contributed by atoms with Crippen LogP contribution in [-0.2, 0) is 13.0 Å². The summed E-state index contributed by atoms with van der Waals surface area (Å²) < 4.78 is 5.15. The number of nitrogens with zero attached hydrogens (tertiary/aromatic N) is 3. The van der Waals surface area contributed by atoms with Crippen LogP contribution in [0.25, 0.3) is 11.4 Å². The van der Waals surface area contributed by atoms with Gasteiger partial charge in [0.25, 0.3) is 5.91 Å². The summed E-state index contributed by atoms with van der Waals surface area (Å²) in [6.07, 6.45) is 0.608. The number of aromatic amines is 1. The fraction of sp³-hybridized carbons (Fsp3) is 0.250. The molecule has 0 fully saturated rings. The molecule has 8 nitrogen and oxygen atoms in total. The van der Waals surface area contributed by atoms with Crippen molar-refractivity contribution in [3.05, 3.63) is 47.1 Å². The van der Waals surface area contributed by atoms with Crippen LogP contribution >= 0.6 is 12.4 Å². The van der Waals surface area contributed by atoms with Gasteiger partial charge in [-0.05, 0) is 31.2 Å². The van der Waals surface area contributed by atoms with E-state index in [1.807, 2.05) is 19.1 Å². The number of nitrogens with two attached hydrogens (primary N) is 1. The molecule has 0 spiro atoms. The van der Waals surface area contributed by atoms with E-state index in [9.17, 15) is 4.79 Å². The van der Waals surface area contributed by atoms with Crippen molar-refractivity contribution < 1.29 is 9.32 Å². The number of H-pyrrole nitrogens is 1. The smallest absolute Gasteiger partial charge is 0.261 e. The molecule has 0 aliphatic rings. The molecular weight excluding hydrogens is 344 g/mol. The lowest BCUT2D eigenvalue weighted by Gasteiger charge is -2.05. The van der Waals surface area contributed by atoms with Crippen LogP contribution in [-0.4, -0.2) is 26.2 Å². The molecule has 0 bridgehead atoms. The Hall–Kier alpha value is -2.71. The molecule has 1 amide bonds. The third-order valence-corrected chi connectivity index (χ3v) is 3.61. The zero-order valence-electron chi connectivity index (χ0n) is 13.9. The molecule has 132 valence electrons. The fourth-order valence-corrected chi connectivity index (χ4v) is 2.36. The maximum absolute atomic E-state index is 12.4. The lowest BCUT2D eigenvalue weighted by atomic mass is 10.1. The van der Waals surface area contributed by atoms with Crippen molar-refractivity contribution >= 4 is 24.0 Å². The van der Waals surface area contributed by atoms with Gasteiger partial charge in [-0.15, -0.1) is 12.4 Å². The summed E-state index contributed by atoms with van der Waals surface area (Å²) in [6.45, 7) is 3.97. The minimum Gasteiger partial charge on any atom is -0.360 e. The minimum absolute atomic E-state index is 0. The van der Waals surface area contributed by atoms with Crippen LogP contribution in [0.5, 0.6) is 0 Å². The summed E-state index contributed by atoms with van der Waals surface area (Å²) in [7, 11) is 0. The van der Waals surface area contributed by atoms with Gasteiger partial charge in [-0.1, -0.05) is 12.1 Å². The van der Waals surface area contributed by atoms with Crippen LogP contribution in [0.2, 0.25) is 0 Å². The lowest BCUT2D eigenvalue weighted by molar-refractivity contribution is 0.102. The molecule has 0 saturated carbocycles. The summed E-state index contributed by atoms with van der Waals surface area (Å²) in [5, 5.41) is 13.6. The summed E-state index contributed by atoms with van der Waals surface area (Å²) in [4.78, 5) is 16.7. The maximum atomic E-state index is 12.4. The normalized spacial score (nSPS) is 10.4. The van der Waals surface area contributed by atoms with E-state index in [4.69, 9.17) is 10.3 Å². The third kappa shape index (κ3) is 3.86. The van der Waals surface area contributed by atoms with E-state index in [0.717, 1.165) is 5.56 Å². The molecule has 0 atom stereocenters. The highest BCUT2D eigenvalue weighted by molar-refractivity contribution is 6.05. The second-order valence-corrected chi connectivity index (χ2v) is 5.26. The van der Waals surface area contributed by atoms with Gasteiger partial charge < -0.3 is 15.6 Å². The average molecular weight is 363 g/mol. The molecule has 1 aromatic carbocycles. The number of carbonyl (C=O) groups is 1. The molecule has 3 aromatic rings.